The number of hydrogen-bond donors (Lipinski definition) is 1. The SMILES string of the molecule is NS(=O)(=O)C1CC(=O)N(CCc2ccc(C(F)(F)F)cc2)C1. The maximum atomic E-state index is 12.4. The van der Waals surface area contributed by atoms with Gasteiger partial charge >= 0.3 is 6.18 Å². The van der Waals surface area contributed by atoms with Crippen molar-refractivity contribution in [2.75, 3.05) is 13.1 Å². The van der Waals surface area contributed by atoms with Gasteiger partial charge in [-0.15, -0.1) is 0 Å². The van der Waals surface area contributed by atoms with Crippen LogP contribution in [0.5, 0.6) is 0 Å². The van der Waals surface area contributed by atoms with Crippen LogP contribution in [-0.4, -0.2) is 37.6 Å². The van der Waals surface area contributed by atoms with Crippen molar-refractivity contribution >= 4 is 15.9 Å². The fourth-order valence-corrected chi connectivity index (χ4v) is 3.06. The van der Waals surface area contributed by atoms with Gasteiger partial charge in [0.2, 0.25) is 15.9 Å². The Balaban J connectivity index is 1.95. The average Bonchev–Trinajstić information content (AvgIpc) is 2.77. The van der Waals surface area contributed by atoms with Crippen LogP contribution in [0.4, 0.5) is 13.2 Å². The van der Waals surface area contributed by atoms with E-state index >= 15 is 0 Å². The Morgan fingerprint density at radius 1 is 1.23 bits per heavy atom. The number of alkyl halides is 3. The zero-order valence-corrected chi connectivity index (χ0v) is 12.3. The summed E-state index contributed by atoms with van der Waals surface area (Å²) in [5.41, 5.74) is -0.0948. The zero-order chi connectivity index (χ0) is 16.5. The Labute approximate surface area is 125 Å². The molecule has 1 aliphatic heterocycles. The minimum atomic E-state index is -4.38. The zero-order valence-electron chi connectivity index (χ0n) is 11.5. The van der Waals surface area contributed by atoms with Gasteiger partial charge < -0.3 is 4.90 Å². The molecule has 0 radical (unpaired) electrons. The van der Waals surface area contributed by atoms with E-state index in [1.54, 1.807) is 0 Å². The van der Waals surface area contributed by atoms with Crippen LogP contribution >= 0.6 is 0 Å². The van der Waals surface area contributed by atoms with Gasteiger partial charge in [-0.1, -0.05) is 12.1 Å². The number of carbonyl (C=O) groups excluding carboxylic acids is 1. The fraction of sp³-hybridized carbons (Fsp3) is 0.462. The summed E-state index contributed by atoms with van der Waals surface area (Å²) in [4.78, 5) is 13.1. The summed E-state index contributed by atoms with van der Waals surface area (Å²) in [6, 6.07) is 4.66. The van der Waals surface area contributed by atoms with Crippen molar-refractivity contribution in [3.63, 3.8) is 0 Å². The number of likely N-dealkylation sites (tertiary alicyclic amines) is 1. The van der Waals surface area contributed by atoms with Crippen molar-refractivity contribution in [2.45, 2.75) is 24.3 Å². The topological polar surface area (TPSA) is 80.5 Å². The van der Waals surface area contributed by atoms with Gasteiger partial charge in [0.25, 0.3) is 0 Å². The van der Waals surface area contributed by atoms with Crippen molar-refractivity contribution in [3.05, 3.63) is 35.4 Å². The average molecular weight is 336 g/mol. The minimum Gasteiger partial charge on any atom is -0.341 e. The number of carbonyl (C=O) groups is 1. The molecule has 1 unspecified atom stereocenters. The molecule has 1 saturated heterocycles. The molecule has 5 nitrogen and oxygen atoms in total. The second-order valence-corrected chi connectivity index (χ2v) is 7.04. The normalized spacial score (nSPS) is 19.7. The molecule has 1 amide bonds. The van der Waals surface area contributed by atoms with Gasteiger partial charge in [-0.3, -0.25) is 4.79 Å². The summed E-state index contributed by atoms with van der Waals surface area (Å²) in [5, 5.41) is 4.11. The molecule has 22 heavy (non-hydrogen) atoms. The van der Waals surface area contributed by atoms with Crippen LogP contribution in [-0.2, 0) is 27.4 Å². The van der Waals surface area contributed by atoms with Crippen LogP contribution < -0.4 is 5.14 Å². The van der Waals surface area contributed by atoms with Gasteiger partial charge in [-0.05, 0) is 24.1 Å². The number of nitrogens with zero attached hydrogens (tertiary/aromatic N) is 1. The Morgan fingerprint density at radius 3 is 2.27 bits per heavy atom. The lowest BCUT2D eigenvalue weighted by molar-refractivity contribution is -0.137. The summed E-state index contributed by atoms with van der Waals surface area (Å²) < 4.78 is 59.8. The molecule has 2 rings (SSSR count). The first-order chi connectivity index (χ1) is 10.1. The third kappa shape index (κ3) is 3.98. The van der Waals surface area contributed by atoms with E-state index in [0.29, 0.717) is 12.0 Å². The second kappa shape index (κ2) is 5.88. The van der Waals surface area contributed by atoms with Gasteiger partial charge in [-0.2, -0.15) is 13.2 Å². The molecule has 0 saturated carbocycles. The Morgan fingerprint density at radius 2 is 1.82 bits per heavy atom. The van der Waals surface area contributed by atoms with Crippen LogP contribution in [0.1, 0.15) is 17.5 Å². The lowest BCUT2D eigenvalue weighted by Gasteiger charge is -2.16. The number of amides is 1. The van der Waals surface area contributed by atoms with Crippen LogP contribution in [0.3, 0.4) is 0 Å². The number of rotatable bonds is 4. The molecule has 1 aromatic rings. The van der Waals surface area contributed by atoms with Gasteiger partial charge in [0.1, 0.15) is 5.25 Å². The highest BCUT2D eigenvalue weighted by Gasteiger charge is 2.36. The van der Waals surface area contributed by atoms with Crippen molar-refractivity contribution in [1.82, 2.24) is 4.90 Å². The van der Waals surface area contributed by atoms with Crippen molar-refractivity contribution in [3.8, 4) is 0 Å². The van der Waals surface area contributed by atoms with Crippen LogP contribution in [0.2, 0.25) is 0 Å². The summed E-state index contributed by atoms with van der Waals surface area (Å²) in [5.74, 6) is -0.314. The quantitative estimate of drug-likeness (QED) is 0.895. The van der Waals surface area contributed by atoms with Crippen molar-refractivity contribution in [1.29, 1.82) is 0 Å². The molecule has 1 fully saturated rings. The summed E-state index contributed by atoms with van der Waals surface area (Å²) in [6.07, 6.45) is -4.18. The molecular weight excluding hydrogens is 321 g/mol. The van der Waals surface area contributed by atoms with E-state index in [2.05, 4.69) is 0 Å². The molecule has 2 N–H and O–H groups in total. The lowest BCUT2D eigenvalue weighted by atomic mass is 10.1. The van der Waals surface area contributed by atoms with E-state index in [4.69, 9.17) is 5.14 Å². The van der Waals surface area contributed by atoms with E-state index in [0.717, 1.165) is 12.1 Å². The molecule has 0 aromatic heterocycles. The molecule has 1 atom stereocenters. The predicted octanol–water partition coefficient (Wildman–Crippen LogP) is 1.14. The molecule has 0 aliphatic carbocycles. The molecule has 0 spiro atoms. The largest absolute Gasteiger partial charge is 0.416 e. The molecule has 122 valence electrons. The van der Waals surface area contributed by atoms with E-state index in [1.165, 1.54) is 17.0 Å². The Kier molecular flexibility index (Phi) is 4.48. The standard InChI is InChI=1S/C13H15F3N2O3S/c14-13(15,16)10-3-1-9(2-4-10)5-6-18-8-11(7-12(18)19)22(17,20)21/h1-4,11H,5-8H2,(H2,17,20,21). The number of nitrogens with two attached hydrogens (primary N) is 1. The number of halogens is 3. The summed E-state index contributed by atoms with van der Waals surface area (Å²) >= 11 is 0. The Hall–Kier alpha value is -1.61. The van der Waals surface area contributed by atoms with Crippen LogP contribution in [0.25, 0.3) is 0 Å². The smallest absolute Gasteiger partial charge is 0.341 e. The monoisotopic (exact) mass is 336 g/mol. The first-order valence-electron chi connectivity index (χ1n) is 6.53. The van der Waals surface area contributed by atoms with E-state index in [-0.39, 0.29) is 25.4 Å². The second-order valence-electron chi connectivity index (χ2n) is 5.20. The predicted molar refractivity (Wildman–Crippen MR) is 73.2 cm³/mol. The van der Waals surface area contributed by atoms with Gasteiger partial charge in [-0.25, -0.2) is 13.6 Å². The van der Waals surface area contributed by atoms with Gasteiger partial charge in [0, 0.05) is 19.5 Å². The first kappa shape index (κ1) is 16.8. The molecule has 1 aliphatic rings. The summed E-state index contributed by atoms with van der Waals surface area (Å²) in [6.45, 7) is 0.272. The molecule has 1 heterocycles. The molecule has 9 heteroatoms. The highest BCUT2D eigenvalue weighted by molar-refractivity contribution is 7.89. The van der Waals surface area contributed by atoms with Crippen molar-refractivity contribution < 1.29 is 26.4 Å². The van der Waals surface area contributed by atoms with E-state index in [9.17, 15) is 26.4 Å². The number of sulfonamides is 1. The van der Waals surface area contributed by atoms with Crippen molar-refractivity contribution in [2.24, 2.45) is 5.14 Å². The third-order valence-electron chi connectivity index (χ3n) is 3.60. The van der Waals surface area contributed by atoms with E-state index < -0.39 is 27.0 Å². The molecule has 1 aromatic carbocycles. The Bertz CT molecular complexity index is 656. The maximum Gasteiger partial charge on any atom is 0.416 e. The van der Waals surface area contributed by atoms with Gasteiger partial charge in [0.05, 0.1) is 5.56 Å². The fourth-order valence-electron chi connectivity index (χ4n) is 2.30. The first-order valence-corrected chi connectivity index (χ1v) is 8.14. The van der Waals surface area contributed by atoms with Crippen LogP contribution in [0.15, 0.2) is 24.3 Å². The maximum absolute atomic E-state index is 12.4. The van der Waals surface area contributed by atoms with Crippen LogP contribution in [0, 0.1) is 0 Å². The van der Waals surface area contributed by atoms with E-state index in [1.807, 2.05) is 0 Å². The highest BCUT2D eigenvalue weighted by Crippen LogP contribution is 2.29. The highest BCUT2D eigenvalue weighted by atomic mass is 32.2. The number of hydrogen-bond acceptors (Lipinski definition) is 3. The number of benzene rings is 1. The number of primary sulfonamides is 1. The molecular formula is C13H15F3N2O3S. The lowest BCUT2D eigenvalue weighted by Crippen LogP contribution is -2.33. The van der Waals surface area contributed by atoms with Gasteiger partial charge in [0.15, 0.2) is 0 Å². The summed E-state index contributed by atoms with van der Waals surface area (Å²) in [7, 11) is -3.76. The minimum absolute atomic E-state index is 0.0261. The molecule has 0 bridgehead atoms. The third-order valence-corrected chi connectivity index (χ3v) is 4.84.